The average Bonchev–Trinajstić information content (AvgIpc) is 2.46. The van der Waals surface area contributed by atoms with E-state index >= 15 is 0 Å². The molecule has 0 saturated carbocycles. The van der Waals surface area contributed by atoms with Crippen LogP contribution in [0, 0.1) is 0 Å². The number of nitrogens with zero attached hydrogens (tertiary/aromatic N) is 2. The van der Waals surface area contributed by atoms with Crippen molar-refractivity contribution in [2.24, 2.45) is 0 Å². The first kappa shape index (κ1) is 12.5. The SMILES string of the molecule is CNC(=O)[C@H]1CN(C(=O)c2cccnc2)CCO1. The van der Waals surface area contributed by atoms with Crippen molar-refractivity contribution in [3.8, 4) is 0 Å². The van der Waals surface area contributed by atoms with E-state index in [9.17, 15) is 9.59 Å². The molecule has 18 heavy (non-hydrogen) atoms. The van der Waals surface area contributed by atoms with Gasteiger partial charge in [-0.25, -0.2) is 0 Å². The largest absolute Gasteiger partial charge is 0.365 e. The van der Waals surface area contributed by atoms with Crippen molar-refractivity contribution in [1.82, 2.24) is 15.2 Å². The van der Waals surface area contributed by atoms with Gasteiger partial charge in [0.25, 0.3) is 11.8 Å². The maximum Gasteiger partial charge on any atom is 0.255 e. The van der Waals surface area contributed by atoms with Crippen LogP contribution >= 0.6 is 0 Å². The highest BCUT2D eigenvalue weighted by Gasteiger charge is 2.29. The number of hydrogen-bond acceptors (Lipinski definition) is 4. The van der Waals surface area contributed by atoms with Gasteiger partial charge in [-0.2, -0.15) is 0 Å². The molecule has 1 aliphatic heterocycles. The number of likely N-dealkylation sites (N-methyl/N-ethyl adjacent to an activating group) is 1. The highest BCUT2D eigenvalue weighted by atomic mass is 16.5. The third kappa shape index (κ3) is 2.65. The summed E-state index contributed by atoms with van der Waals surface area (Å²) in [6.45, 7) is 1.12. The summed E-state index contributed by atoms with van der Waals surface area (Å²) in [4.78, 5) is 29.2. The fraction of sp³-hybridized carbons (Fsp3) is 0.417. The van der Waals surface area contributed by atoms with Gasteiger partial charge in [0, 0.05) is 26.0 Å². The Kier molecular flexibility index (Phi) is 3.88. The lowest BCUT2D eigenvalue weighted by molar-refractivity contribution is -0.136. The Morgan fingerprint density at radius 1 is 1.56 bits per heavy atom. The Morgan fingerprint density at radius 3 is 3.06 bits per heavy atom. The second kappa shape index (κ2) is 5.59. The summed E-state index contributed by atoms with van der Waals surface area (Å²) >= 11 is 0. The first-order valence-electron chi connectivity index (χ1n) is 5.75. The van der Waals surface area contributed by atoms with E-state index in [0.717, 1.165) is 0 Å². The molecule has 1 fully saturated rings. The minimum atomic E-state index is -0.593. The van der Waals surface area contributed by atoms with Gasteiger partial charge in [-0.05, 0) is 12.1 Å². The van der Waals surface area contributed by atoms with Crippen LogP contribution in [-0.2, 0) is 9.53 Å². The lowest BCUT2D eigenvalue weighted by Crippen LogP contribution is -2.51. The van der Waals surface area contributed by atoms with Crippen molar-refractivity contribution in [2.45, 2.75) is 6.10 Å². The van der Waals surface area contributed by atoms with Crippen molar-refractivity contribution in [3.05, 3.63) is 30.1 Å². The number of carbonyl (C=O) groups is 2. The van der Waals surface area contributed by atoms with Gasteiger partial charge in [0.1, 0.15) is 0 Å². The van der Waals surface area contributed by atoms with E-state index in [1.807, 2.05) is 0 Å². The fourth-order valence-electron chi connectivity index (χ4n) is 1.83. The number of morpholine rings is 1. The van der Waals surface area contributed by atoms with Crippen LogP contribution in [0.1, 0.15) is 10.4 Å². The van der Waals surface area contributed by atoms with E-state index in [0.29, 0.717) is 18.7 Å². The van der Waals surface area contributed by atoms with Crippen molar-refractivity contribution in [1.29, 1.82) is 0 Å². The highest BCUT2D eigenvalue weighted by Crippen LogP contribution is 2.10. The predicted octanol–water partition coefficient (Wildman–Crippen LogP) is -0.331. The highest BCUT2D eigenvalue weighted by molar-refractivity contribution is 5.94. The van der Waals surface area contributed by atoms with Gasteiger partial charge in [0.05, 0.1) is 18.7 Å². The summed E-state index contributed by atoms with van der Waals surface area (Å²) in [5.74, 6) is -0.334. The Labute approximate surface area is 105 Å². The van der Waals surface area contributed by atoms with Crippen LogP contribution in [0.3, 0.4) is 0 Å². The number of ether oxygens (including phenoxy) is 1. The number of aromatic nitrogens is 1. The minimum absolute atomic E-state index is 0.125. The van der Waals surface area contributed by atoms with E-state index < -0.39 is 6.10 Å². The smallest absolute Gasteiger partial charge is 0.255 e. The van der Waals surface area contributed by atoms with Crippen molar-refractivity contribution < 1.29 is 14.3 Å². The molecule has 2 amide bonds. The van der Waals surface area contributed by atoms with E-state index in [1.54, 1.807) is 30.3 Å². The number of carbonyl (C=O) groups excluding carboxylic acids is 2. The van der Waals surface area contributed by atoms with Gasteiger partial charge in [-0.1, -0.05) is 0 Å². The Morgan fingerprint density at radius 2 is 2.39 bits per heavy atom. The molecule has 96 valence electrons. The second-order valence-electron chi connectivity index (χ2n) is 3.97. The molecule has 0 bridgehead atoms. The lowest BCUT2D eigenvalue weighted by Gasteiger charge is -2.31. The number of amides is 2. The number of hydrogen-bond donors (Lipinski definition) is 1. The standard InChI is InChI=1S/C12H15N3O3/c1-13-11(16)10-8-15(5-6-18-10)12(17)9-3-2-4-14-7-9/h2-4,7,10H,5-6,8H2,1H3,(H,13,16)/t10-/m1/s1. The molecule has 0 unspecified atom stereocenters. The van der Waals surface area contributed by atoms with E-state index in [2.05, 4.69) is 10.3 Å². The maximum atomic E-state index is 12.2. The van der Waals surface area contributed by atoms with E-state index in [-0.39, 0.29) is 18.4 Å². The summed E-state index contributed by atoms with van der Waals surface area (Å²) in [6, 6.07) is 3.42. The van der Waals surface area contributed by atoms with Crippen molar-refractivity contribution in [2.75, 3.05) is 26.7 Å². The molecule has 0 spiro atoms. The molecular formula is C12H15N3O3. The van der Waals surface area contributed by atoms with Gasteiger partial charge in [-0.15, -0.1) is 0 Å². The number of pyridine rings is 1. The van der Waals surface area contributed by atoms with Gasteiger partial charge in [-0.3, -0.25) is 14.6 Å². The molecule has 6 nitrogen and oxygen atoms in total. The third-order valence-corrected chi connectivity index (χ3v) is 2.80. The summed E-state index contributed by atoms with van der Waals surface area (Å²) in [5, 5.41) is 2.52. The van der Waals surface area contributed by atoms with Crippen molar-refractivity contribution in [3.63, 3.8) is 0 Å². The van der Waals surface area contributed by atoms with Crippen LogP contribution in [0.5, 0.6) is 0 Å². The zero-order valence-corrected chi connectivity index (χ0v) is 10.1. The quantitative estimate of drug-likeness (QED) is 0.779. The molecule has 1 aromatic rings. The maximum absolute atomic E-state index is 12.2. The van der Waals surface area contributed by atoms with Crippen molar-refractivity contribution >= 4 is 11.8 Å². The van der Waals surface area contributed by atoms with Gasteiger partial charge >= 0.3 is 0 Å². The fourth-order valence-corrected chi connectivity index (χ4v) is 1.83. The van der Waals surface area contributed by atoms with E-state index in [1.165, 1.54) is 6.20 Å². The molecular weight excluding hydrogens is 234 g/mol. The third-order valence-electron chi connectivity index (χ3n) is 2.80. The number of nitrogens with one attached hydrogen (secondary N) is 1. The molecule has 2 rings (SSSR count). The first-order valence-corrected chi connectivity index (χ1v) is 5.75. The zero-order chi connectivity index (χ0) is 13.0. The van der Waals surface area contributed by atoms with Crippen LogP contribution in [0.25, 0.3) is 0 Å². The molecule has 1 aliphatic rings. The zero-order valence-electron chi connectivity index (χ0n) is 10.1. The summed E-state index contributed by atoms with van der Waals surface area (Å²) in [6.07, 6.45) is 2.54. The average molecular weight is 249 g/mol. The van der Waals surface area contributed by atoms with Crippen LogP contribution in [0.2, 0.25) is 0 Å². The summed E-state index contributed by atoms with van der Waals surface area (Å²) < 4.78 is 5.33. The Hall–Kier alpha value is -1.95. The molecule has 1 saturated heterocycles. The molecule has 1 aromatic heterocycles. The first-order chi connectivity index (χ1) is 8.72. The van der Waals surface area contributed by atoms with Gasteiger partial charge < -0.3 is 15.0 Å². The minimum Gasteiger partial charge on any atom is -0.365 e. The van der Waals surface area contributed by atoms with Crippen LogP contribution in [0.15, 0.2) is 24.5 Å². The van der Waals surface area contributed by atoms with Crippen LogP contribution < -0.4 is 5.32 Å². The molecule has 6 heteroatoms. The molecule has 1 N–H and O–H groups in total. The summed E-state index contributed by atoms with van der Waals surface area (Å²) in [7, 11) is 1.55. The Bertz CT molecular complexity index is 435. The number of rotatable bonds is 2. The monoisotopic (exact) mass is 249 g/mol. The van der Waals surface area contributed by atoms with Crippen LogP contribution in [0.4, 0.5) is 0 Å². The molecule has 0 aliphatic carbocycles. The van der Waals surface area contributed by atoms with Gasteiger partial charge in [0.15, 0.2) is 6.10 Å². The summed E-state index contributed by atoms with van der Waals surface area (Å²) in [5.41, 5.74) is 0.523. The predicted molar refractivity (Wildman–Crippen MR) is 63.9 cm³/mol. The van der Waals surface area contributed by atoms with Crippen LogP contribution in [-0.4, -0.2) is 54.5 Å². The lowest BCUT2D eigenvalue weighted by atomic mass is 10.2. The molecule has 2 heterocycles. The van der Waals surface area contributed by atoms with E-state index in [4.69, 9.17) is 4.74 Å². The topological polar surface area (TPSA) is 71.5 Å². The molecule has 1 atom stereocenters. The van der Waals surface area contributed by atoms with Gasteiger partial charge in [0.2, 0.25) is 0 Å². The normalized spacial score (nSPS) is 19.4. The molecule has 0 radical (unpaired) electrons. The molecule has 0 aromatic carbocycles. The Balaban J connectivity index is 2.05. The second-order valence-corrected chi connectivity index (χ2v) is 3.97.